The first-order chi connectivity index (χ1) is 4.85. The summed E-state index contributed by atoms with van der Waals surface area (Å²) in [4.78, 5) is 0. The molecule has 0 aliphatic rings. The zero-order valence-corrected chi connectivity index (χ0v) is 8.25. The van der Waals surface area contributed by atoms with E-state index in [0.29, 0.717) is 0 Å². The summed E-state index contributed by atoms with van der Waals surface area (Å²) < 4.78 is 5.65. The highest BCUT2D eigenvalue weighted by molar-refractivity contribution is 6.51. The third-order valence-corrected chi connectivity index (χ3v) is 4.11. The van der Waals surface area contributed by atoms with Crippen LogP contribution in [0.2, 0.25) is 12.1 Å². The van der Waals surface area contributed by atoms with Gasteiger partial charge in [-0.05, 0) is 18.5 Å². The van der Waals surface area contributed by atoms with Crippen molar-refractivity contribution >= 4 is 9.04 Å². The van der Waals surface area contributed by atoms with Crippen LogP contribution >= 0.6 is 0 Å². The summed E-state index contributed by atoms with van der Waals surface area (Å²) in [5.74, 6) is 0. The molecule has 0 aliphatic heterocycles. The van der Waals surface area contributed by atoms with E-state index in [9.17, 15) is 0 Å². The molecule has 60 valence electrons. The maximum atomic E-state index is 5.65. The van der Waals surface area contributed by atoms with Crippen molar-refractivity contribution in [1.29, 1.82) is 0 Å². The molecule has 0 radical (unpaired) electrons. The molecule has 0 aromatic heterocycles. The van der Waals surface area contributed by atoms with Crippen molar-refractivity contribution in [1.82, 2.24) is 0 Å². The first-order valence-electron chi connectivity index (χ1n) is 4.07. The van der Waals surface area contributed by atoms with Crippen LogP contribution in [0.5, 0.6) is 0 Å². The summed E-state index contributed by atoms with van der Waals surface area (Å²) in [5, 5.41) is 0. The van der Waals surface area contributed by atoms with Gasteiger partial charge in [0.05, 0.1) is 0 Å². The predicted molar refractivity (Wildman–Crippen MR) is 48.9 cm³/mol. The van der Waals surface area contributed by atoms with E-state index >= 15 is 0 Å². The van der Waals surface area contributed by atoms with Gasteiger partial charge in [0.15, 0.2) is 9.04 Å². The van der Waals surface area contributed by atoms with Crippen molar-refractivity contribution in [2.45, 2.75) is 32.4 Å². The second-order valence-corrected chi connectivity index (χ2v) is 5.60. The lowest BCUT2D eigenvalue weighted by atomic mass is 10.5. The molecule has 0 saturated carbocycles. The van der Waals surface area contributed by atoms with E-state index in [2.05, 4.69) is 20.4 Å². The average molecular weight is 158 g/mol. The minimum atomic E-state index is -0.771. The van der Waals surface area contributed by atoms with Crippen molar-refractivity contribution in [3.05, 3.63) is 12.7 Å². The zero-order valence-electron chi connectivity index (χ0n) is 7.10. The lowest BCUT2D eigenvalue weighted by Crippen LogP contribution is -2.15. The molecule has 0 aromatic rings. The van der Waals surface area contributed by atoms with Crippen LogP contribution in [0.4, 0.5) is 0 Å². The molecule has 1 nitrogen and oxygen atoms in total. The van der Waals surface area contributed by atoms with Crippen LogP contribution in [-0.2, 0) is 4.43 Å². The van der Waals surface area contributed by atoms with Crippen LogP contribution in [0.15, 0.2) is 12.7 Å². The highest BCUT2D eigenvalue weighted by Gasteiger charge is 2.03. The Bertz CT molecular complexity index is 79.3. The Balaban J connectivity index is 3.16. The summed E-state index contributed by atoms with van der Waals surface area (Å²) in [6.07, 6.45) is 2.92. The molecule has 0 unspecified atom stereocenters. The standard InChI is InChI=1S/C8H18OSi/c1-4-7-8-9-10(5-2)6-3/h4,10H,1,5-8H2,2-3H3. The van der Waals surface area contributed by atoms with Crippen molar-refractivity contribution in [2.24, 2.45) is 0 Å². The third-order valence-electron chi connectivity index (χ3n) is 1.59. The van der Waals surface area contributed by atoms with Crippen molar-refractivity contribution in [2.75, 3.05) is 6.61 Å². The Kier molecular flexibility index (Phi) is 6.97. The van der Waals surface area contributed by atoms with E-state index in [1.165, 1.54) is 12.1 Å². The maximum absolute atomic E-state index is 5.65. The molecule has 0 spiro atoms. The molecule has 2 heteroatoms. The van der Waals surface area contributed by atoms with Crippen molar-refractivity contribution < 1.29 is 4.43 Å². The Morgan fingerprint density at radius 3 is 2.40 bits per heavy atom. The second kappa shape index (κ2) is 7.03. The summed E-state index contributed by atoms with van der Waals surface area (Å²) in [7, 11) is -0.771. The van der Waals surface area contributed by atoms with E-state index in [1.54, 1.807) is 0 Å². The fourth-order valence-electron chi connectivity index (χ4n) is 0.842. The van der Waals surface area contributed by atoms with Gasteiger partial charge >= 0.3 is 0 Å². The predicted octanol–water partition coefficient (Wildman–Crippen LogP) is 2.34. The van der Waals surface area contributed by atoms with Gasteiger partial charge in [0.25, 0.3) is 0 Å². The van der Waals surface area contributed by atoms with Gasteiger partial charge in [-0.3, -0.25) is 0 Å². The molecule has 0 bridgehead atoms. The van der Waals surface area contributed by atoms with Crippen LogP contribution in [0, 0.1) is 0 Å². The molecule has 0 heterocycles. The minimum absolute atomic E-state index is 0.771. The van der Waals surface area contributed by atoms with Crippen molar-refractivity contribution in [3.63, 3.8) is 0 Å². The van der Waals surface area contributed by atoms with E-state index in [-0.39, 0.29) is 0 Å². The third kappa shape index (κ3) is 4.76. The Hall–Kier alpha value is -0.0831. The molecule has 0 amide bonds. The topological polar surface area (TPSA) is 9.23 Å². The second-order valence-electron chi connectivity index (χ2n) is 2.39. The number of hydrogen-bond acceptors (Lipinski definition) is 1. The fraction of sp³-hybridized carbons (Fsp3) is 0.750. The van der Waals surface area contributed by atoms with Crippen LogP contribution in [0.3, 0.4) is 0 Å². The summed E-state index contributed by atoms with van der Waals surface area (Å²) in [5.41, 5.74) is 0. The van der Waals surface area contributed by atoms with E-state index in [1.807, 2.05) is 6.08 Å². The zero-order chi connectivity index (χ0) is 7.82. The minimum Gasteiger partial charge on any atom is -0.420 e. The number of hydrogen-bond donors (Lipinski definition) is 0. The first-order valence-corrected chi connectivity index (χ1v) is 6.18. The average Bonchev–Trinajstić information content (AvgIpc) is 1.99. The lowest BCUT2D eigenvalue weighted by Gasteiger charge is -2.10. The van der Waals surface area contributed by atoms with Crippen molar-refractivity contribution in [3.8, 4) is 0 Å². The lowest BCUT2D eigenvalue weighted by molar-refractivity contribution is 0.327. The Labute approximate surface area is 65.8 Å². The molecule has 0 aliphatic carbocycles. The van der Waals surface area contributed by atoms with Crippen LogP contribution in [0.1, 0.15) is 20.3 Å². The highest BCUT2D eigenvalue weighted by atomic mass is 28.3. The molecular weight excluding hydrogens is 140 g/mol. The Morgan fingerprint density at radius 1 is 1.40 bits per heavy atom. The monoisotopic (exact) mass is 158 g/mol. The molecule has 0 fully saturated rings. The normalized spacial score (nSPS) is 10.3. The summed E-state index contributed by atoms with van der Waals surface area (Å²) >= 11 is 0. The molecule has 0 saturated heterocycles. The van der Waals surface area contributed by atoms with E-state index in [0.717, 1.165) is 13.0 Å². The van der Waals surface area contributed by atoms with Gasteiger partial charge < -0.3 is 4.43 Å². The molecule has 0 aromatic carbocycles. The van der Waals surface area contributed by atoms with Gasteiger partial charge in [0.1, 0.15) is 0 Å². The summed E-state index contributed by atoms with van der Waals surface area (Å²) in [6, 6.07) is 2.52. The molecule has 0 rings (SSSR count). The smallest absolute Gasteiger partial charge is 0.176 e. The van der Waals surface area contributed by atoms with Crippen LogP contribution in [-0.4, -0.2) is 15.6 Å². The number of rotatable bonds is 6. The Morgan fingerprint density at radius 2 is 2.00 bits per heavy atom. The van der Waals surface area contributed by atoms with Crippen LogP contribution in [0.25, 0.3) is 0 Å². The highest BCUT2D eigenvalue weighted by Crippen LogP contribution is 2.00. The molecule has 0 atom stereocenters. The van der Waals surface area contributed by atoms with Gasteiger partial charge in [0.2, 0.25) is 0 Å². The van der Waals surface area contributed by atoms with Gasteiger partial charge in [-0.25, -0.2) is 0 Å². The van der Waals surface area contributed by atoms with Gasteiger partial charge in [-0.15, -0.1) is 6.58 Å². The molecule has 10 heavy (non-hydrogen) atoms. The molecule has 0 N–H and O–H groups in total. The largest absolute Gasteiger partial charge is 0.420 e. The quantitative estimate of drug-likeness (QED) is 0.327. The van der Waals surface area contributed by atoms with E-state index < -0.39 is 9.04 Å². The molecular formula is C8H18OSi. The maximum Gasteiger partial charge on any atom is 0.176 e. The fourth-order valence-corrected chi connectivity index (χ4v) is 2.36. The van der Waals surface area contributed by atoms with E-state index in [4.69, 9.17) is 4.43 Å². The van der Waals surface area contributed by atoms with Gasteiger partial charge in [0, 0.05) is 6.61 Å². The van der Waals surface area contributed by atoms with Gasteiger partial charge in [-0.1, -0.05) is 19.9 Å². The summed E-state index contributed by atoms with van der Waals surface area (Å²) in [6.45, 7) is 8.97. The first kappa shape index (κ1) is 9.92. The van der Waals surface area contributed by atoms with Gasteiger partial charge in [-0.2, -0.15) is 0 Å². The SMILES string of the molecule is C=CCCO[SiH](CC)CC. The van der Waals surface area contributed by atoms with Crippen LogP contribution < -0.4 is 0 Å².